The van der Waals surface area contributed by atoms with Crippen LogP contribution in [0.15, 0.2) is 22.0 Å². The maximum Gasteiger partial charge on any atom is 0.244 e. The van der Waals surface area contributed by atoms with Crippen molar-refractivity contribution in [3.8, 4) is 10.6 Å². The molecule has 0 atom stereocenters. The lowest BCUT2D eigenvalue weighted by Gasteiger charge is -2.03. The van der Waals surface area contributed by atoms with Crippen molar-refractivity contribution in [3.05, 3.63) is 22.0 Å². The molecule has 110 valence electrons. The molecule has 0 spiro atoms. The average molecular weight is 369 g/mol. The summed E-state index contributed by atoms with van der Waals surface area (Å²) in [4.78, 5) is 24.2. The standard InChI is InChI=1S/C13H13BrN4O2S/c14-10-4-3-9(21-10)8-5-11(18-17-8)16-12(19)6-15-13(20)7-1-2-7/h3-5,7H,1-2,6H2,(H,15,20)(H2,16,17,18,19). The lowest BCUT2D eigenvalue weighted by molar-refractivity contribution is -0.125. The van der Waals surface area contributed by atoms with Gasteiger partial charge in [0.2, 0.25) is 11.8 Å². The molecule has 8 heteroatoms. The van der Waals surface area contributed by atoms with Crippen molar-refractivity contribution in [3.63, 3.8) is 0 Å². The van der Waals surface area contributed by atoms with Crippen LogP contribution in [0, 0.1) is 5.92 Å². The highest BCUT2D eigenvalue weighted by Crippen LogP contribution is 2.31. The Morgan fingerprint density at radius 2 is 2.24 bits per heavy atom. The third-order valence-electron chi connectivity index (χ3n) is 3.06. The van der Waals surface area contributed by atoms with Gasteiger partial charge in [-0.25, -0.2) is 0 Å². The predicted molar refractivity (Wildman–Crippen MR) is 84.0 cm³/mol. The second kappa shape index (κ2) is 5.98. The Morgan fingerprint density at radius 1 is 1.43 bits per heavy atom. The Kier molecular flexibility index (Phi) is 4.07. The van der Waals surface area contributed by atoms with Gasteiger partial charge in [0, 0.05) is 12.0 Å². The van der Waals surface area contributed by atoms with Crippen LogP contribution in [0.2, 0.25) is 0 Å². The van der Waals surface area contributed by atoms with Crippen LogP contribution < -0.4 is 10.6 Å². The van der Waals surface area contributed by atoms with E-state index in [4.69, 9.17) is 0 Å². The summed E-state index contributed by atoms with van der Waals surface area (Å²) in [5, 5.41) is 12.2. The van der Waals surface area contributed by atoms with Crippen LogP contribution in [-0.4, -0.2) is 28.6 Å². The van der Waals surface area contributed by atoms with Crippen LogP contribution in [0.1, 0.15) is 12.8 Å². The van der Waals surface area contributed by atoms with Crippen LogP contribution in [0.5, 0.6) is 0 Å². The monoisotopic (exact) mass is 368 g/mol. The molecule has 6 nitrogen and oxygen atoms in total. The van der Waals surface area contributed by atoms with E-state index in [1.54, 1.807) is 17.4 Å². The van der Waals surface area contributed by atoms with Crippen molar-refractivity contribution in [2.24, 2.45) is 5.92 Å². The van der Waals surface area contributed by atoms with Crippen molar-refractivity contribution < 1.29 is 9.59 Å². The zero-order valence-electron chi connectivity index (χ0n) is 11.0. The molecule has 1 aliphatic rings. The van der Waals surface area contributed by atoms with Crippen LogP contribution in [0.25, 0.3) is 10.6 Å². The van der Waals surface area contributed by atoms with Crippen LogP contribution >= 0.6 is 27.3 Å². The SMILES string of the molecule is O=C(CNC(=O)C1CC1)Nc1cc(-c2ccc(Br)s2)[nH]n1. The average Bonchev–Trinajstić information content (AvgIpc) is 3.07. The van der Waals surface area contributed by atoms with E-state index >= 15 is 0 Å². The van der Waals surface area contributed by atoms with E-state index in [-0.39, 0.29) is 24.3 Å². The first-order chi connectivity index (χ1) is 10.1. The van der Waals surface area contributed by atoms with Gasteiger partial charge < -0.3 is 10.6 Å². The molecule has 2 aromatic heterocycles. The van der Waals surface area contributed by atoms with Crippen LogP contribution in [0.4, 0.5) is 5.82 Å². The summed E-state index contributed by atoms with van der Waals surface area (Å²) in [5.41, 5.74) is 0.836. The van der Waals surface area contributed by atoms with E-state index in [1.165, 1.54) is 0 Å². The third kappa shape index (κ3) is 3.70. The Bertz CT molecular complexity index is 677. The van der Waals surface area contributed by atoms with Gasteiger partial charge in [-0.15, -0.1) is 11.3 Å². The summed E-state index contributed by atoms with van der Waals surface area (Å²) in [5.74, 6) is 0.220. The lowest BCUT2D eigenvalue weighted by Crippen LogP contribution is -2.33. The normalized spacial score (nSPS) is 14.0. The number of H-pyrrole nitrogens is 1. The van der Waals surface area contributed by atoms with Crippen LogP contribution in [-0.2, 0) is 9.59 Å². The Labute approximate surface area is 133 Å². The molecular weight excluding hydrogens is 356 g/mol. The zero-order chi connectivity index (χ0) is 14.8. The number of anilines is 1. The number of nitrogens with zero attached hydrogens (tertiary/aromatic N) is 1. The largest absolute Gasteiger partial charge is 0.347 e. The fourth-order valence-corrected chi connectivity index (χ4v) is 3.17. The molecule has 2 heterocycles. The number of hydrogen-bond donors (Lipinski definition) is 3. The molecule has 2 aromatic rings. The fourth-order valence-electron chi connectivity index (χ4n) is 1.82. The Morgan fingerprint density at radius 3 is 2.90 bits per heavy atom. The van der Waals surface area contributed by atoms with E-state index in [0.29, 0.717) is 5.82 Å². The summed E-state index contributed by atoms with van der Waals surface area (Å²) < 4.78 is 1.03. The summed E-state index contributed by atoms with van der Waals surface area (Å²) in [6.45, 7) is -0.0257. The first-order valence-corrected chi connectivity index (χ1v) is 8.11. The lowest BCUT2D eigenvalue weighted by atomic mass is 10.3. The molecule has 0 bridgehead atoms. The van der Waals surface area contributed by atoms with Gasteiger partial charge in [-0.3, -0.25) is 14.7 Å². The maximum atomic E-state index is 11.7. The smallest absolute Gasteiger partial charge is 0.244 e. The second-order valence-electron chi connectivity index (χ2n) is 4.81. The molecular formula is C13H13BrN4O2S. The minimum atomic E-state index is -0.283. The van der Waals surface area contributed by atoms with Gasteiger partial charge in [0.05, 0.1) is 20.9 Å². The Hall–Kier alpha value is -1.67. The topological polar surface area (TPSA) is 86.9 Å². The van der Waals surface area contributed by atoms with Gasteiger partial charge in [-0.1, -0.05) is 0 Å². The van der Waals surface area contributed by atoms with E-state index in [1.807, 2.05) is 12.1 Å². The summed E-state index contributed by atoms with van der Waals surface area (Å²) >= 11 is 4.97. The highest BCUT2D eigenvalue weighted by Gasteiger charge is 2.29. The van der Waals surface area contributed by atoms with Crippen LogP contribution in [0.3, 0.4) is 0 Å². The second-order valence-corrected chi connectivity index (χ2v) is 7.27. The minimum Gasteiger partial charge on any atom is -0.347 e. The maximum absolute atomic E-state index is 11.7. The van der Waals surface area contributed by atoms with Crippen molar-refractivity contribution in [2.45, 2.75) is 12.8 Å². The first-order valence-electron chi connectivity index (χ1n) is 6.50. The van der Waals surface area contributed by atoms with E-state index < -0.39 is 0 Å². The van der Waals surface area contributed by atoms with E-state index in [9.17, 15) is 9.59 Å². The summed E-state index contributed by atoms with van der Waals surface area (Å²) in [6, 6.07) is 5.68. The quantitative estimate of drug-likeness (QED) is 0.756. The number of aromatic amines is 1. The first kappa shape index (κ1) is 14.3. The van der Waals surface area contributed by atoms with E-state index in [2.05, 4.69) is 36.8 Å². The van der Waals surface area contributed by atoms with Gasteiger partial charge in [0.25, 0.3) is 0 Å². The molecule has 2 amide bonds. The summed E-state index contributed by atoms with van der Waals surface area (Å²) in [6.07, 6.45) is 1.85. The molecule has 21 heavy (non-hydrogen) atoms. The number of carbonyl (C=O) groups is 2. The molecule has 3 rings (SSSR count). The highest BCUT2D eigenvalue weighted by molar-refractivity contribution is 9.11. The van der Waals surface area contributed by atoms with Gasteiger partial charge in [-0.2, -0.15) is 5.10 Å². The minimum absolute atomic E-state index is 0.0257. The predicted octanol–water partition coefficient (Wildman–Crippen LogP) is 2.37. The highest BCUT2D eigenvalue weighted by atomic mass is 79.9. The number of hydrogen-bond acceptors (Lipinski definition) is 4. The van der Waals surface area contributed by atoms with Gasteiger partial charge in [0.1, 0.15) is 0 Å². The number of halogens is 1. The Balaban J connectivity index is 1.54. The number of thiophene rings is 1. The molecule has 0 aromatic carbocycles. The number of carbonyl (C=O) groups excluding carboxylic acids is 2. The molecule has 3 N–H and O–H groups in total. The van der Waals surface area contributed by atoms with Crippen molar-refractivity contribution >= 4 is 44.9 Å². The third-order valence-corrected chi connectivity index (χ3v) is 4.71. The number of amides is 2. The molecule has 0 radical (unpaired) electrons. The van der Waals surface area contributed by atoms with Crippen molar-refractivity contribution in [1.82, 2.24) is 15.5 Å². The number of rotatable bonds is 5. The van der Waals surface area contributed by atoms with E-state index in [0.717, 1.165) is 27.2 Å². The molecule has 1 fully saturated rings. The summed E-state index contributed by atoms with van der Waals surface area (Å²) in [7, 11) is 0. The van der Waals surface area contributed by atoms with Crippen molar-refractivity contribution in [2.75, 3.05) is 11.9 Å². The van der Waals surface area contributed by atoms with Gasteiger partial charge in [-0.05, 0) is 40.9 Å². The van der Waals surface area contributed by atoms with Gasteiger partial charge >= 0.3 is 0 Å². The zero-order valence-corrected chi connectivity index (χ0v) is 13.4. The molecule has 0 unspecified atom stereocenters. The number of nitrogens with one attached hydrogen (secondary N) is 3. The van der Waals surface area contributed by atoms with Crippen molar-refractivity contribution in [1.29, 1.82) is 0 Å². The molecule has 0 saturated heterocycles. The molecule has 1 saturated carbocycles. The number of aromatic nitrogens is 2. The molecule has 0 aliphatic heterocycles. The fraction of sp³-hybridized carbons (Fsp3) is 0.308. The van der Waals surface area contributed by atoms with Gasteiger partial charge in [0.15, 0.2) is 5.82 Å². The molecule has 1 aliphatic carbocycles.